The first-order valence-electron chi connectivity index (χ1n) is 8.19. The number of anilines is 1. The van der Waals surface area contributed by atoms with Crippen LogP contribution in [0.5, 0.6) is 5.75 Å². The highest BCUT2D eigenvalue weighted by Crippen LogP contribution is 2.20. The SMILES string of the molecule is C=CCOc1ccc(/C=N\NC(=O)CN(c2ccccc2F)S(C)(=O)=O)cc1. The van der Waals surface area contributed by atoms with Crippen LogP contribution in [0.1, 0.15) is 5.56 Å². The summed E-state index contributed by atoms with van der Waals surface area (Å²) in [7, 11) is -3.87. The summed E-state index contributed by atoms with van der Waals surface area (Å²) in [6.07, 6.45) is 3.92. The number of ether oxygens (including phenoxy) is 1. The summed E-state index contributed by atoms with van der Waals surface area (Å²) < 4.78 is 43.8. The zero-order chi connectivity index (χ0) is 20.6. The van der Waals surface area contributed by atoms with E-state index in [4.69, 9.17) is 4.74 Å². The van der Waals surface area contributed by atoms with Crippen molar-refractivity contribution >= 4 is 27.8 Å². The Morgan fingerprint density at radius 2 is 1.93 bits per heavy atom. The van der Waals surface area contributed by atoms with Crippen LogP contribution in [0.4, 0.5) is 10.1 Å². The standard InChI is InChI=1S/C19H20FN3O4S/c1-3-12-27-16-10-8-15(9-11-16)13-21-22-19(24)14-23(28(2,25)26)18-7-5-4-6-17(18)20/h3-11,13H,1,12,14H2,2H3,(H,22,24)/b21-13-. The lowest BCUT2D eigenvalue weighted by atomic mass is 10.2. The Labute approximate surface area is 163 Å². The summed E-state index contributed by atoms with van der Waals surface area (Å²) in [5.74, 6) is -0.798. The number of para-hydroxylation sites is 1. The van der Waals surface area contributed by atoms with Crippen LogP contribution in [0.15, 0.2) is 66.3 Å². The number of carbonyl (C=O) groups is 1. The highest BCUT2D eigenvalue weighted by molar-refractivity contribution is 7.92. The molecule has 0 aliphatic heterocycles. The fourth-order valence-corrected chi connectivity index (χ4v) is 3.04. The van der Waals surface area contributed by atoms with Gasteiger partial charge >= 0.3 is 0 Å². The van der Waals surface area contributed by atoms with E-state index in [-0.39, 0.29) is 5.69 Å². The number of amides is 1. The summed E-state index contributed by atoms with van der Waals surface area (Å²) >= 11 is 0. The molecule has 0 aromatic heterocycles. The lowest BCUT2D eigenvalue weighted by molar-refractivity contribution is -0.119. The van der Waals surface area contributed by atoms with Crippen LogP contribution in [-0.2, 0) is 14.8 Å². The molecule has 0 radical (unpaired) electrons. The molecule has 7 nitrogen and oxygen atoms in total. The first-order valence-corrected chi connectivity index (χ1v) is 10.0. The molecule has 0 bridgehead atoms. The Morgan fingerprint density at radius 3 is 2.54 bits per heavy atom. The van der Waals surface area contributed by atoms with E-state index in [1.54, 1.807) is 30.3 Å². The third-order valence-corrected chi connectivity index (χ3v) is 4.59. The molecular weight excluding hydrogens is 385 g/mol. The highest BCUT2D eigenvalue weighted by Gasteiger charge is 2.23. The fourth-order valence-electron chi connectivity index (χ4n) is 2.18. The number of benzene rings is 2. The quantitative estimate of drug-likeness (QED) is 0.394. The number of halogens is 1. The van der Waals surface area contributed by atoms with Crippen LogP contribution in [0.3, 0.4) is 0 Å². The van der Waals surface area contributed by atoms with Gasteiger partial charge in [-0.3, -0.25) is 9.10 Å². The molecule has 2 aromatic carbocycles. The molecule has 1 amide bonds. The van der Waals surface area contributed by atoms with Gasteiger partial charge in [-0.1, -0.05) is 24.8 Å². The van der Waals surface area contributed by atoms with Gasteiger partial charge in [0.05, 0.1) is 18.2 Å². The van der Waals surface area contributed by atoms with Crippen LogP contribution in [0, 0.1) is 5.82 Å². The summed E-state index contributed by atoms with van der Waals surface area (Å²) in [5, 5.41) is 3.79. The van der Waals surface area contributed by atoms with E-state index in [0.29, 0.717) is 22.2 Å². The molecule has 1 N–H and O–H groups in total. The second kappa shape index (κ2) is 9.65. The first-order chi connectivity index (χ1) is 13.3. The average molecular weight is 405 g/mol. The first kappa shape index (κ1) is 21.1. The second-order valence-electron chi connectivity index (χ2n) is 5.68. The van der Waals surface area contributed by atoms with Crippen molar-refractivity contribution in [3.8, 4) is 5.75 Å². The molecule has 0 aliphatic rings. The van der Waals surface area contributed by atoms with E-state index >= 15 is 0 Å². The van der Waals surface area contributed by atoms with Crippen LogP contribution in [-0.4, -0.2) is 39.9 Å². The Kier molecular flexibility index (Phi) is 7.28. The van der Waals surface area contributed by atoms with Gasteiger partial charge in [-0.15, -0.1) is 0 Å². The maximum absolute atomic E-state index is 13.9. The van der Waals surface area contributed by atoms with Crippen molar-refractivity contribution in [3.05, 3.63) is 72.6 Å². The smallest absolute Gasteiger partial charge is 0.260 e. The minimum absolute atomic E-state index is 0.209. The Hall–Kier alpha value is -3.20. The Balaban J connectivity index is 2.00. The number of hydrogen-bond acceptors (Lipinski definition) is 5. The van der Waals surface area contributed by atoms with E-state index in [1.165, 1.54) is 24.4 Å². The minimum atomic E-state index is -3.87. The zero-order valence-electron chi connectivity index (χ0n) is 15.2. The van der Waals surface area contributed by atoms with Crippen LogP contribution < -0.4 is 14.5 Å². The van der Waals surface area contributed by atoms with E-state index in [2.05, 4.69) is 17.1 Å². The molecule has 0 saturated carbocycles. The van der Waals surface area contributed by atoms with Gasteiger partial charge in [0.15, 0.2) is 0 Å². The molecule has 9 heteroatoms. The molecule has 28 heavy (non-hydrogen) atoms. The van der Waals surface area contributed by atoms with Gasteiger partial charge in [-0.05, 0) is 42.0 Å². The predicted octanol–water partition coefficient (Wildman–Crippen LogP) is 2.31. The Morgan fingerprint density at radius 1 is 1.25 bits per heavy atom. The van der Waals surface area contributed by atoms with Gasteiger partial charge in [-0.2, -0.15) is 5.10 Å². The highest BCUT2D eigenvalue weighted by atomic mass is 32.2. The number of sulfonamides is 1. The molecule has 0 fully saturated rings. The van der Waals surface area contributed by atoms with Crippen molar-refractivity contribution < 1.29 is 22.3 Å². The monoisotopic (exact) mass is 405 g/mol. The average Bonchev–Trinajstić information content (AvgIpc) is 2.65. The van der Waals surface area contributed by atoms with Crippen molar-refractivity contribution in [3.63, 3.8) is 0 Å². The van der Waals surface area contributed by atoms with Gasteiger partial charge < -0.3 is 4.74 Å². The van der Waals surface area contributed by atoms with E-state index < -0.39 is 28.3 Å². The Bertz CT molecular complexity index is 959. The van der Waals surface area contributed by atoms with Crippen molar-refractivity contribution in [2.45, 2.75) is 0 Å². The van der Waals surface area contributed by atoms with Crippen molar-refractivity contribution in [2.24, 2.45) is 5.10 Å². The summed E-state index contributed by atoms with van der Waals surface area (Å²) in [5.41, 5.74) is 2.71. The maximum atomic E-state index is 13.9. The van der Waals surface area contributed by atoms with Gasteiger partial charge in [0.2, 0.25) is 10.0 Å². The van der Waals surface area contributed by atoms with Crippen LogP contribution in [0.25, 0.3) is 0 Å². The molecule has 148 valence electrons. The van der Waals surface area contributed by atoms with E-state index in [1.807, 2.05) is 0 Å². The van der Waals surface area contributed by atoms with E-state index in [9.17, 15) is 17.6 Å². The molecule has 0 heterocycles. The lowest BCUT2D eigenvalue weighted by Gasteiger charge is -2.21. The molecule has 0 saturated heterocycles. The van der Waals surface area contributed by atoms with Crippen LogP contribution >= 0.6 is 0 Å². The molecule has 2 rings (SSSR count). The number of hydrogen-bond donors (Lipinski definition) is 1. The van der Waals surface area contributed by atoms with Gasteiger partial charge in [0, 0.05) is 0 Å². The second-order valence-corrected chi connectivity index (χ2v) is 7.59. The maximum Gasteiger partial charge on any atom is 0.260 e. The zero-order valence-corrected chi connectivity index (χ0v) is 16.0. The van der Waals surface area contributed by atoms with Gasteiger partial charge in [0.25, 0.3) is 5.91 Å². The topological polar surface area (TPSA) is 88.1 Å². The lowest BCUT2D eigenvalue weighted by Crippen LogP contribution is -2.39. The van der Waals surface area contributed by atoms with Gasteiger partial charge in [0.1, 0.15) is 24.7 Å². The fraction of sp³-hybridized carbons (Fsp3) is 0.158. The molecule has 0 unspecified atom stereocenters. The third kappa shape index (κ3) is 6.20. The molecule has 0 spiro atoms. The van der Waals surface area contributed by atoms with Crippen molar-refractivity contribution in [2.75, 3.05) is 23.7 Å². The predicted molar refractivity (Wildman–Crippen MR) is 106 cm³/mol. The summed E-state index contributed by atoms with van der Waals surface area (Å²) in [4.78, 5) is 12.1. The minimum Gasteiger partial charge on any atom is -0.490 e. The summed E-state index contributed by atoms with van der Waals surface area (Å²) in [6, 6.07) is 12.2. The number of rotatable bonds is 9. The van der Waals surface area contributed by atoms with Crippen LogP contribution in [0.2, 0.25) is 0 Å². The number of nitrogens with one attached hydrogen (secondary N) is 1. The number of hydrazone groups is 1. The third-order valence-electron chi connectivity index (χ3n) is 3.46. The molecule has 0 aliphatic carbocycles. The number of nitrogens with zero attached hydrogens (tertiary/aromatic N) is 2. The molecule has 0 atom stereocenters. The number of carbonyl (C=O) groups excluding carboxylic acids is 1. The largest absolute Gasteiger partial charge is 0.490 e. The summed E-state index contributed by atoms with van der Waals surface area (Å²) in [6.45, 7) is 3.35. The van der Waals surface area contributed by atoms with Crippen molar-refractivity contribution in [1.29, 1.82) is 0 Å². The van der Waals surface area contributed by atoms with E-state index in [0.717, 1.165) is 12.3 Å². The van der Waals surface area contributed by atoms with Crippen molar-refractivity contribution in [1.82, 2.24) is 5.43 Å². The normalized spacial score (nSPS) is 11.2. The molecule has 2 aromatic rings. The molecular formula is C19H20FN3O4S. The van der Waals surface area contributed by atoms with Gasteiger partial charge in [-0.25, -0.2) is 18.2 Å².